The molecule has 0 aliphatic heterocycles. The average molecular weight is 372 g/mol. The van der Waals surface area contributed by atoms with Crippen LogP contribution in [0.25, 0.3) is 10.8 Å². The first kappa shape index (κ1) is 17.6. The van der Waals surface area contributed by atoms with Crippen LogP contribution >= 0.6 is 11.6 Å². The summed E-state index contributed by atoms with van der Waals surface area (Å²) in [5, 5.41) is 3.37. The van der Waals surface area contributed by atoms with E-state index in [1.165, 1.54) is 27.6 Å². The highest BCUT2D eigenvalue weighted by Crippen LogP contribution is 2.28. The standard InChI is InChI=1S/C25H22ClN/c26-23-13-6-10-20(18-23)16-17-27(19-21-8-2-1-3-9-21)25-15-7-12-22-11-4-5-14-24(22)25/h1-15,18H,16-17,19H2. The van der Waals surface area contributed by atoms with E-state index in [0.717, 1.165) is 24.5 Å². The lowest BCUT2D eigenvalue weighted by atomic mass is 10.1. The molecule has 4 rings (SSSR count). The van der Waals surface area contributed by atoms with Gasteiger partial charge in [0.2, 0.25) is 0 Å². The molecule has 4 aromatic rings. The summed E-state index contributed by atoms with van der Waals surface area (Å²) in [5.74, 6) is 0. The van der Waals surface area contributed by atoms with Crippen LogP contribution in [-0.2, 0) is 13.0 Å². The van der Waals surface area contributed by atoms with E-state index in [9.17, 15) is 0 Å². The van der Waals surface area contributed by atoms with E-state index in [-0.39, 0.29) is 0 Å². The molecule has 0 bridgehead atoms. The second kappa shape index (κ2) is 8.28. The van der Waals surface area contributed by atoms with Gasteiger partial charge in [-0.3, -0.25) is 0 Å². The van der Waals surface area contributed by atoms with Crippen molar-refractivity contribution in [2.24, 2.45) is 0 Å². The van der Waals surface area contributed by atoms with Crippen molar-refractivity contribution in [1.82, 2.24) is 0 Å². The highest BCUT2D eigenvalue weighted by molar-refractivity contribution is 6.30. The summed E-state index contributed by atoms with van der Waals surface area (Å²) in [7, 11) is 0. The summed E-state index contributed by atoms with van der Waals surface area (Å²) >= 11 is 6.17. The van der Waals surface area contributed by atoms with E-state index in [4.69, 9.17) is 11.6 Å². The summed E-state index contributed by atoms with van der Waals surface area (Å²) < 4.78 is 0. The Balaban J connectivity index is 1.66. The zero-order chi connectivity index (χ0) is 18.5. The van der Waals surface area contributed by atoms with E-state index in [0.29, 0.717) is 0 Å². The normalized spacial score (nSPS) is 10.9. The van der Waals surface area contributed by atoms with E-state index in [2.05, 4.69) is 89.8 Å². The van der Waals surface area contributed by atoms with Gasteiger partial charge in [-0.2, -0.15) is 0 Å². The van der Waals surface area contributed by atoms with Gasteiger partial charge >= 0.3 is 0 Å². The highest BCUT2D eigenvalue weighted by Gasteiger charge is 2.11. The Bertz CT molecular complexity index is 1020. The van der Waals surface area contributed by atoms with Crippen LogP contribution in [0.4, 0.5) is 5.69 Å². The number of nitrogens with zero attached hydrogens (tertiary/aromatic N) is 1. The Labute approximate surface area is 165 Å². The third kappa shape index (κ3) is 4.32. The van der Waals surface area contributed by atoms with Crippen molar-refractivity contribution in [2.75, 3.05) is 11.4 Å². The molecular weight excluding hydrogens is 350 g/mol. The van der Waals surface area contributed by atoms with Crippen molar-refractivity contribution in [3.05, 3.63) is 113 Å². The van der Waals surface area contributed by atoms with Gasteiger partial charge in [-0.25, -0.2) is 0 Å². The van der Waals surface area contributed by atoms with Gasteiger partial charge < -0.3 is 4.90 Å². The van der Waals surface area contributed by atoms with Crippen LogP contribution in [0.5, 0.6) is 0 Å². The summed E-state index contributed by atoms with van der Waals surface area (Å²) in [6, 6.07) is 34.0. The third-order valence-corrected chi connectivity index (χ3v) is 5.12. The Morgan fingerprint density at radius 1 is 0.667 bits per heavy atom. The fourth-order valence-corrected chi connectivity index (χ4v) is 3.74. The van der Waals surface area contributed by atoms with Crippen molar-refractivity contribution in [2.45, 2.75) is 13.0 Å². The van der Waals surface area contributed by atoms with E-state index in [1.807, 2.05) is 12.1 Å². The molecular formula is C25H22ClN. The maximum atomic E-state index is 6.17. The van der Waals surface area contributed by atoms with Gasteiger partial charge in [-0.15, -0.1) is 0 Å². The first-order valence-electron chi connectivity index (χ1n) is 9.31. The molecule has 27 heavy (non-hydrogen) atoms. The van der Waals surface area contributed by atoms with Crippen molar-refractivity contribution >= 4 is 28.1 Å². The lowest BCUT2D eigenvalue weighted by Crippen LogP contribution is -2.25. The summed E-state index contributed by atoms with van der Waals surface area (Å²) in [6.45, 7) is 1.82. The molecule has 0 aliphatic rings. The van der Waals surface area contributed by atoms with Gasteiger partial charge in [0.25, 0.3) is 0 Å². The largest absolute Gasteiger partial charge is 0.366 e. The second-order valence-corrected chi connectivity index (χ2v) is 7.22. The van der Waals surface area contributed by atoms with Crippen LogP contribution in [-0.4, -0.2) is 6.54 Å². The number of hydrogen-bond donors (Lipinski definition) is 0. The maximum Gasteiger partial charge on any atom is 0.0449 e. The predicted octanol–water partition coefficient (Wildman–Crippen LogP) is 6.74. The quantitative estimate of drug-likeness (QED) is 0.362. The Hall–Kier alpha value is -2.77. The minimum absolute atomic E-state index is 0.798. The molecule has 0 radical (unpaired) electrons. The van der Waals surface area contributed by atoms with Gasteiger partial charge in [-0.1, -0.05) is 90.5 Å². The molecule has 0 atom stereocenters. The molecule has 0 aromatic heterocycles. The minimum Gasteiger partial charge on any atom is -0.366 e. The van der Waals surface area contributed by atoms with Crippen molar-refractivity contribution in [3.63, 3.8) is 0 Å². The van der Waals surface area contributed by atoms with Gasteiger partial charge in [0.05, 0.1) is 0 Å². The van der Waals surface area contributed by atoms with Crippen molar-refractivity contribution < 1.29 is 0 Å². The second-order valence-electron chi connectivity index (χ2n) is 6.79. The Morgan fingerprint density at radius 3 is 2.22 bits per heavy atom. The molecule has 0 amide bonds. The maximum absolute atomic E-state index is 6.17. The van der Waals surface area contributed by atoms with Crippen LogP contribution in [0, 0.1) is 0 Å². The zero-order valence-electron chi connectivity index (χ0n) is 15.2. The lowest BCUT2D eigenvalue weighted by Gasteiger charge is -2.27. The Morgan fingerprint density at radius 2 is 1.37 bits per heavy atom. The molecule has 4 aromatic carbocycles. The van der Waals surface area contributed by atoms with Crippen molar-refractivity contribution in [1.29, 1.82) is 0 Å². The number of anilines is 1. The molecule has 0 spiro atoms. The number of rotatable bonds is 6. The van der Waals surface area contributed by atoms with E-state index < -0.39 is 0 Å². The molecule has 0 unspecified atom stereocenters. The van der Waals surface area contributed by atoms with Crippen molar-refractivity contribution in [3.8, 4) is 0 Å². The number of hydrogen-bond acceptors (Lipinski definition) is 1. The average Bonchev–Trinajstić information content (AvgIpc) is 2.71. The molecule has 0 saturated heterocycles. The number of fused-ring (bicyclic) bond motifs is 1. The van der Waals surface area contributed by atoms with Gasteiger partial charge in [0.15, 0.2) is 0 Å². The molecule has 2 heteroatoms. The number of halogens is 1. The summed E-state index contributed by atoms with van der Waals surface area (Å²) in [6.07, 6.45) is 0.955. The topological polar surface area (TPSA) is 3.24 Å². The molecule has 1 nitrogen and oxygen atoms in total. The van der Waals surface area contributed by atoms with Gasteiger partial charge in [-0.05, 0) is 41.1 Å². The molecule has 0 aliphatic carbocycles. The molecule has 0 saturated carbocycles. The zero-order valence-corrected chi connectivity index (χ0v) is 15.9. The minimum atomic E-state index is 0.798. The van der Waals surface area contributed by atoms with E-state index in [1.54, 1.807) is 0 Å². The SMILES string of the molecule is Clc1cccc(CCN(Cc2ccccc2)c2cccc3ccccc23)c1. The summed E-state index contributed by atoms with van der Waals surface area (Å²) in [5.41, 5.74) is 3.86. The van der Waals surface area contributed by atoms with Crippen LogP contribution in [0.2, 0.25) is 5.02 Å². The molecule has 0 fully saturated rings. The number of benzene rings is 4. The molecule has 0 heterocycles. The smallest absolute Gasteiger partial charge is 0.0449 e. The van der Waals surface area contributed by atoms with E-state index >= 15 is 0 Å². The molecule has 0 N–H and O–H groups in total. The molecule has 134 valence electrons. The lowest BCUT2D eigenvalue weighted by molar-refractivity contribution is 0.785. The summed E-state index contributed by atoms with van der Waals surface area (Å²) in [4.78, 5) is 2.47. The van der Waals surface area contributed by atoms with Crippen LogP contribution < -0.4 is 4.90 Å². The van der Waals surface area contributed by atoms with Gasteiger partial charge in [0.1, 0.15) is 0 Å². The fourth-order valence-electron chi connectivity index (χ4n) is 3.53. The first-order chi connectivity index (χ1) is 13.3. The predicted molar refractivity (Wildman–Crippen MR) is 117 cm³/mol. The van der Waals surface area contributed by atoms with Crippen LogP contribution in [0.1, 0.15) is 11.1 Å². The third-order valence-electron chi connectivity index (χ3n) is 4.88. The van der Waals surface area contributed by atoms with Crippen LogP contribution in [0.15, 0.2) is 97.1 Å². The highest BCUT2D eigenvalue weighted by atomic mass is 35.5. The monoisotopic (exact) mass is 371 g/mol. The van der Waals surface area contributed by atoms with Gasteiger partial charge in [0, 0.05) is 29.2 Å². The van der Waals surface area contributed by atoms with Crippen LogP contribution in [0.3, 0.4) is 0 Å². The first-order valence-corrected chi connectivity index (χ1v) is 9.68. The fraction of sp³-hybridized carbons (Fsp3) is 0.120. The Kier molecular flexibility index (Phi) is 5.41.